The lowest BCUT2D eigenvalue weighted by Crippen LogP contribution is -2.13. The Morgan fingerprint density at radius 3 is 2.70 bits per heavy atom. The van der Waals surface area contributed by atoms with Crippen molar-refractivity contribution in [1.29, 1.82) is 0 Å². The number of anilines is 1. The first-order chi connectivity index (χ1) is 9.40. The molecule has 0 spiro atoms. The number of hydrogen-bond acceptors (Lipinski definition) is 4. The van der Waals surface area contributed by atoms with Gasteiger partial charge in [-0.15, -0.1) is 0 Å². The van der Waals surface area contributed by atoms with Gasteiger partial charge in [-0.3, -0.25) is 14.8 Å². The van der Waals surface area contributed by atoms with Crippen LogP contribution in [0.15, 0.2) is 24.4 Å². The first kappa shape index (κ1) is 13.9. The summed E-state index contributed by atoms with van der Waals surface area (Å²) >= 11 is 0. The third-order valence-corrected chi connectivity index (χ3v) is 2.89. The summed E-state index contributed by atoms with van der Waals surface area (Å²) in [5.41, 5.74) is -0.273. The predicted octanol–water partition coefficient (Wildman–Crippen LogP) is 2.78. The molecule has 1 heterocycles. The van der Waals surface area contributed by atoms with E-state index in [4.69, 9.17) is 0 Å². The Morgan fingerprint density at radius 1 is 1.45 bits per heavy atom. The van der Waals surface area contributed by atoms with E-state index in [0.717, 1.165) is 0 Å². The van der Waals surface area contributed by atoms with Crippen LogP contribution >= 0.6 is 0 Å². The summed E-state index contributed by atoms with van der Waals surface area (Å²) in [6.45, 7) is 1.70. The zero-order chi connectivity index (χ0) is 14.9. The number of nitrogens with one attached hydrogen (secondary N) is 1. The molecule has 106 valence electrons. The molecule has 8 heteroatoms. The molecule has 0 amide bonds. The molecule has 1 aromatic carbocycles. The summed E-state index contributed by atoms with van der Waals surface area (Å²) in [5, 5.41) is 17.5. The molecule has 0 bridgehead atoms. The highest BCUT2D eigenvalue weighted by molar-refractivity contribution is 5.63. The van der Waals surface area contributed by atoms with Gasteiger partial charge in [0.2, 0.25) is 0 Å². The van der Waals surface area contributed by atoms with E-state index in [1.165, 1.54) is 0 Å². The van der Waals surface area contributed by atoms with Gasteiger partial charge in [0.15, 0.2) is 5.82 Å². The zero-order valence-corrected chi connectivity index (χ0v) is 10.8. The number of nitro benzene ring substituents is 1. The van der Waals surface area contributed by atoms with Crippen molar-refractivity contribution in [1.82, 2.24) is 9.78 Å². The fourth-order valence-electron chi connectivity index (χ4n) is 1.95. The van der Waals surface area contributed by atoms with Crippen LogP contribution in [0.1, 0.15) is 18.7 Å². The highest BCUT2D eigenvalue weighted by atomic mass is 19.1. The van der Waals surface area contributed by atoms with Crippen molar-refractivity contribution in [3.63, 3.8) is 0 Å². The summed E-state index contributed by atoms with van der Waals surface area (Å²) in [6, 6.07) is 2.55. The summed E-state index contributed by atoms with van der Waals surface area (Å²) < 4.78 is 28.4. The second kappa shape index (κ2) is 5.24. The van der Waals surface area contributed by atoms with Crippen molar-refractivity contribution in [3.05, 3.63) is 51.8 Å². The Balaban J connectivity index is 2.38. The Morgan fingerprint density at radius 2 is 2.15 bits per heavy atom. The number of halogens is 2. The standard InChI is InChI=1S/C12H12F2N4O2/c1-7(10-3-4-15-17(10)2)16-12-9(14)5-8(13)6-11(12)18(19)20/h3-7,16H,1-2H3. The number of nitrogens with zero attached hydrogens (tertiary/aromatic N) is 3. The monoisotopic (exact) mass is 282 g/mol. The Labute approximate surface area is 113 Å². The van der Waals surface area contributed by atoms with Crippen LogP contribution in [0, 0.1) is 21.7 Å². The van der Waals surface area contributed by atoms with E-state index < -0.39 is 28.3 Å². The maximum Gasteiger partial charge on any atom is 0.298 e. The van der Waals surface area contributed by atoms with Gasteiger partial charge in [-0.25, -0.2) is 8.78 Å². The number of nitro groups is 1. The van der Waals surface area contributed by atoms with E-state index in [1.807, 2.05) is 0 Å². The normalized spacial score (nSPS) is 12.2. The van der Waals surface area contributed by atoms with E-state index in [1.54, 1.807) is 30.9 Å². The minimum atomic E-state index is -1.01. The van der Waals surface area contributed by atoms with E-state index in [0.29, 0.717) is 17.8 Å². The van der Waals surface area contributed by atoms with E-state index in [2.05, 4.69) is 10.4 Å². The molecule has 0 aliphatic heterocycles. The highest BCUT2D eigenvalue weighted by Gasteiger charge is 2.23. The molecule has 0 fully saturated rings. The van der Waals surface area contributed by atoms with Gasteiger partial charge in [-0.2, -0.15) is 5.10 Å². The number of benzene rings is 1. The van der Waals surface area contributed by atoms with Crippen molar-refractivity contribution in [2.24, 2.45) is 7.05 Å². The van der Waals surface area contributed by atoms with Crippen LogP contribution in [0.2, 0.25) is 0 Å². The molecule has 0 aliphatic rings. The van der Waals surface area contributed by atoms with E-state index >= 15 is 0 Å². The Kier molecular flexibility index (Phi) is 3.64. The van der Waals surface area contributed by atoms with Crippen LogP contribution in [0.4, 0.5) is 20.2 Å². The molecule has 0 aliphatic carbocycles. The van der Waals surface area contributed by atoms with Crippen molar-refractivity contribution in [2.75, 3.05) is 5.32 Å². The number of aryl methyl sites for hydroxylation is 1. The second-order valence-electron chi connectivity index (χ2n) is 4.28. The quantitative estimate of drug-likeness (QED) is 0.691. The highest BCUT2D eigenvalue weighted by Crippen LogP contribution is 2.31. The Bertz CT molecular complexity index is 657. The van der Waals surface area contributed by atoms with Crippen LogP contribution in [-0.2, 0) is 7.05 Å². The van der Waals surface area contributed by atoms with Crippen molar-refractivity contribution in [2.45, 2.75) is 13.0 Å². The molecule has 0 saturated heterocycles. The lowest BCUT2D eigenvalue weighted by atomic mass is 10.2. The molecular weight excluding hydrogens is 270 g/mol. The number of rotatable bonds is 4. The van der Waals surface area contributed by atoms with E-state index in [9.17, 15) is 18.9 Å². The first-order valence-electron chi connectivity index (χ1n) is 5.78. The van der Waals surface area contributed by atoms with E-state index in [-0.39, 0.29) is 5.69 Å². The van der Waals surface area contributed by atoms with Gasteiger partial charge in [0.25, 0.3) is 5.69 Å². The van der Waals surface area contributed by atoms with Crippen LogP contribution in [-0.4, -0.2) is 14.7 Å². The predicted molar refractivity (Wildman–Crippen MR) is 68.3 cm³/mol. The van der Waals surface area contributed by atoms with Crippen molar-refractivity contribution in [3.8, 4) is 0 Å². The molecule has 1 aromatic heterocycles. The lowest BCUT2D eigenvalue weighted by Gasteiger charge is -2.16. The molecule has 0 radical (unpaired) electrons. The molecule has 1 N–H and O–H groups in total. The maximum absolute atomic E-state index is 13.7. The lowest BCUT2D eigenvalue weighted by molar-refractivity contribution is -0.384. The minimum Gasteiger partial charge on any atom is -0.369 e. The third-order valence-electron chi connectivity index (χ3n) is 2.89. The molecule has 6 nitrogen and oxygen atoms in total. The number of aromatic nitrogens is 2. The average Bonchev–Trinajstić information content (AvgIpc) is 2.78. The summed E-state index contributed by atoms with van der Waals surface area (Å²) in [5.74, 6) is -2.00. The van der Waals surface area contributed by atoms with Crippen LogP contribution in [0.5, 0.6) is 0 Å². The van der Waals surface area contributed by atoms with Crippen LogP contribution in [0.25, 0.3) is 0 Å². The fraction of sp³-hybridized carbons (Fsp3) is 0.250. The fourth-order valence-corrected chi connectivity index (χ4v) is 1.95. The van der Waals surface area contributed by atoms with Gasteiger partial charge >= 0.3 is 0 Å². The van der Waals surface area contributed by atoms with Gasteiger partial charge in [-0.1, -0.05) is 0 Å². The zero-order valence-electron chi connectivity index (χ0n) is 10.8. The SMILES string of the molecule is CC(Nc1c(F)cc(F)cc1[N+](=O)[O-])c1ccnn1C. The summed E-state index contributed by atoms with van der Waals surface area (Å²) in [4.78, 5) is 10.0. The molecule has 1 atom stereocenters. The topological polar surface area (TPSA) is 73.0 Å². The summed E-state index contributed by atoms with van der Waals surface area (Å²) in [6.07, 6.45) is 1.56. The molecule has 20 heavy (non-hydrogen) atoms. The molecular formula is C12H12F2N4O2. The minimum absolute atomic E-state index is 0.342. The van der Waals surface area contributed by atoms with Gasteiger partial charge in [0.1, 0.15) is 11.5 Å². The van der Waals surface area contributed by atoms with Crippen molar-refractivity contribution < 1.29 is 13.7 Å². The Hall–Kier alpha value is -2.51. The molecule has 2 rings (SSSR count). The average molecular weight is 282 g/mol. The first-order valence-corrected chi connectivity index (χ1v) is 5.78. The van der Waals surface area contributed by atoms with Gasteiger partial charge in [-0.05, 0) is 13.0 Å². The molecule has 2 aromatic rings. The van der Waals surface area contributed by atoms with Gasteiger partial charge in [0, 0.05) is 19.3 Å². The van der Waals surface area contributed by atoms with Crippen LogP contribution in [0.3, 0.4) is 0 Å². The second-order valence-corrected chi connectivity index (χ2v) is 4.28. The van der Waals surface area contributed by atoms with Crippen molar-refractivity contribution >= 4 is 11.4 Å². The molecule has 0 saturated carbocycles. The smallest absolute Gasteiger partial charge is 0.298 e. The van der Waals surface area contributed by atoms with Gasteiger partial charge < -0.3 is 5.32 Å². The van der Waals surface area contributed by atoms with Gasteiger partial charge in [0.05, 0.1) is 22.7 Å². The third kappa shape index (κ3) is 2.58. The summed E-state index contributed by atoms with van der Waals surface area (Å²) in [7, 11) is 1.70. The molecule has 1 unspecified atom stereocenters. The van der Waals surface area contributed by atoms with Crippen LogP contribution < -0.4 is 5.32 Å². The number of hydrogen-bond donors (Lipinski definition) is 1. The largest absolute Gasteiger partial charge is 0.369 e. The maximum atomic E-state index is 13.7.